The number of methoxy groups -OCH3 is 3. The van der Waals surface area contributed by atoms with Gasteiger partial charge < -0.3 is 25.3 Å². The van der Waals surface area contributed by atoms with E-state index in [1.54, 1.807) is 18.2 Å². The molecule has 0 fully saturated rings. The van der Waals surface area contributed by atoms with Gasteiger partial charge in [-0.2, -0.15) is 0 Å². The Kier molecular flexibility index (Phi) is 9.99. The number of carbonyl (C=O) groups excluding carboxylic acids is 2. The number of hydrogen-bond donors (Lipinski definition) is 2. The summed E-state index contributed by atoms with van der Waals surface area (Å²) in [6, 6.07) is 13.6. The molecule has 29 heavy (non-hydrogen) atoms. The quantitative estimate of drug-likeness (QED) is 0.602. The molecule has 3 N–H and O–H groups in total. The molecule has 0 aromatic heterocycles. The SMILES string of the molecule is COC(=O)CC(NC(=O)CC(N)c1ccccc1)c1ccc(OC)c(OC)c1.Cl. The highest BCUT2D eigenvalue weighted by atomic mass is 35.5. The Bertz CT molecular complexity index is 801. The van der Waals surface area contributed by atoms with Crippen LogP contribution in [0.5, 0.6) is 11.5 Å². The van der Waals surface area contributed by atoms with E-state index in [9.17, 15) is 9.59 Å². The fourth-order valence-electron chi connectivity index (χ4n) is 2.84. The summed E-state index contributed by atoms with van der Waals surface area (Å²) in [6.45, 7) is 0. The van der Waals surface area contributed by atoms with E-state index >= 15 is 0 Å². The average Bonchev–Trinajstić information content (AvgIpc) is 2.73. The Hall–Kier alpha value is -2.77. The predicted octanol–water partition coefficient (Wildman–Crippen LogP) is 2.94. The maximum atomic E-state index is 12.6. The molecule has 0 saturated carbocycles. The second-order valence-corrected chi connectivity index (χ2v) is 6.24. The lowest BCUT2D eigenvalue weighted by Gasteiger charge is -2.21. The molecule has 0 heterocycles. The number of hydrogen-bond acceptors (Lipinski definition) is 6. The number of carbonyl (C=O) groups is 2. The van der Waals surface area contributed by atoms with E-state index in [1.807, 2.05) is 30.3 Å². The molecule has 2 aromatic carbocycles. The lowest BCUT2D eigenvalue weighted by Crippen LogP contribution is -2.32. The standard InChI is InChI=1S/C21H26N2O5.ClH/c1-26-18-10-9-15(11-19(18)27-2)17(13-21(25)28-3)23-20(24)12-16(22)14-7-5-4-6-8-14;/h4-11,16-17H,12-13,22H2,1-3H3,(H,23,24);1H. The number of ether oxygens (including phenoxy) is 3. The maximum Gasteiger partial charge on any atom is 0.307 e. The van der Waals surface area contributed by atoms with Gasteiger partial charge in [-0.25, -0.2) is 0 Å². The molecule has 8 heteroatoms. The van der Waals surface area contributed by atoms with Crippen LogP contribution >= 0.6 is 12.4 Å². The monoisotopic (exact) mass is 422 g/mol. The van der Waals surface area contributed by atoms with Gasteiger partial charge >= 0.3 is 5.97 Å². The van der Waals surface area contributed by atoms with Gasteiger partial charge in [0.05, 0.1) is 33.8 Å². The Morgan fingerprint density at radius 3 is 2.17 bits per heavy atom. The van der Waals surface area contributed by atoms with E-state index in [4.69, 9.17) is 19.9 Å². The summed E-state index contributed by atoms with van der Waals surface area (Å²) < 4.78 is 15.3. The van der Waals surface area contributed by atoms with Gasteiger partial charge in [-0.05, 0) is 23.3 Å². The maximum absolute atomic E-state index is 12.6. The average molecular weight is 423 g/mol. The van der Waals surface area contributed by atoms with Crippen molar-refractivity contribution in [1.82, 2.24) is 5.32 Å². The van der Waals surface area contributed by atoms with Crippen molar-refractivity contribution in [1.29, 1.82) is 0 Å². The summed E-state index contributed by atoms with van der Waals surface area (Å²) >= 11 is 0. The van der Waals surface area contributed by atoms with Crippen LogP contribution in [0, 0.1) is 0 Å². The van der Waals surface area contributed by atoms with Gasteiger partial charge in [-0.15, -0.1) is 12.4 Å². The summed E-state index contributed by atoms with van der Waals surface area (Å²) in [5, 5.41) is 2.87. The minimum atomic E-state index is -0.581. The number of benzene rings is 2. The van der Waals surface area contributed by atoms with Crippen molar-refractivity contribution in [2.24, 2.45) is 5.73 Å². The lowest BCUT2D eigenvalue weighted by molar-refractivity contribution is -0.141. The zero-order valence-electron chi connectivity index (χ0n) is 16.7. The number of halogens is 1. The highest BCUT2D eigenvalue weighted by Crippen LogP contribution is 2.31. The van der Waals surface area contributed by atoms with Gasteiger partial charge in [0.2, 0.25) is 5.91 Å². The van der Waals surface area contributed by atoms with Gasteiger partial charge in [0.1, 0.15) is 0 Å². The van der Waals surface area contributed by atoms with Crippen molar-refractivity contribution in [3.8, 4) is 11.5 Å². The smallest absolute Gasteiger partial charge is 0.307 e. The molecule has 0 aliphatic rings. The van der Waals surface area contributed by atoms with Crippen LogP contribution in [-0.4, -0.2) is 33.2 Å². The van der Waals surface area contributed by atoms with Crippen molar-refractivity contribution in [2.45, 2.75) is 24.9 Å². The normalized spacial score (nSPS) is 12.1. The molecular weight excluding hydrogens is 396 g/mol. The number of rotatable bonds is 9. The van der Waals surface area contributed by atoms with Gasteiger partial charge in [0.15, 0.2) is 11.5 Å². The molecular formula is C21H27ClN2O5. The Morgan fingerprint density at radius 2 is 1.59 bits per heavy atom. The Morgan fingerprint density at radius 1 is 0.931 bits per heavy atom. The van der Waals surface area contributed by atoms with Crippen LogP contribution in [0.4, 0.5) is 0 Å². The molecule has 0 saturated heterocycles. The summed E-state index contributed by atoms with van der Waals surface area (Å²) in [6.07, 6.45) is 0.0767. The summed E-state index contributed by atoms with van der Waals surface area (Å²) in [4.78, 5) is 24.4. The Labute approximate surface area is 176 Å². The molecule has 0 bridgehead atoms. The van der Waals surface area contributed by atoms with E-state index < -0.39 is 18.1 Å². The highest BCUT2D eigenvalue weighted by molar-refractivity contribution is 5.85. The van der Waals surface area contributed by atoms with E-state index in [1.165, 1.54) is 21.3 Å². The van der Waals surface area contributed by atoms with Crippen molar-refractivity contribution < 1.29 is 23.8 Å². The third-order valence-corrected chi connectivity index (χ3v) is 4.38. The number of nitrogens with one attached hydrogen (secondary N) is 1. The van der Waals surface area contributed by atoms with Crippen LogP contribution in [0.2, 0.25) is 0 Å². The fourth-order valence-corrected chi connectivity index (χ4v) is 2.84. The van der Waals surface area contributed by atoms with Crippen LogP contribution in [0.3, 0.4) is 0 Å². The van der Waals surface area contributed by atoms with Crippen molar-refractivity contribution in [2.75, 3.05) is 21.3 Å². The summed E-state index contributed by atoms with van der Waals surface area (Å²) in [7, 11) is 4.37. The molecule has 0 spiro atoms. The van der Waals surface area contributed by atoms with E-state index in [-0.39, 0.29) is 31.2 Å². The topological polar surface area (TPSA) is 99.9 Å². The summed E-state index contributed by atoms with van der Waals surface area (Å²) in [5.74, 6) is 0.359. The van der Waals surface area contributed by atoms with Crippen molar-refractivity contribution in [3.63, 3.8) is 0 Å². The predicted molar refractivity (Wildman–Crippen MR) is 112 cm³/mol. The third-order valence-electron chi connectivity index (χ3n) is 4.38. The van der Waals surface area contributed by atoms with Crippen molar-refractivity contribution in [3.05, 3.63) is 59.7 Å². The van der Waals surface area contributed by atoms with Gasteiger partial charge in [-0.1, -0.05) is 36.4 Å². The molecule has 2 unspecified atom stereocenters. The molecule has 2 aromatic rings. The van der Waals surface area contributed by atoms with E-state index in [0.717, 1.165) is 5.56 Å². The highest BCUT2D eigenvalue weighted by Gasteiger charge is 2.22. The largest absolute Gasteiger partial charge is 0.493 e. The first-order valence-electron chi connectivity index (χ1n) is 8.87. The fraction of sp³-hybridized carbons (Fsp3) is 0.333. The van der Waals surface area contributed by atoms with E-state index in [2.05, 4.69) is 5.32 Å². The lowest BCUT2D eigenvalue weighted by atomic mass is 10.0. The van der Waals surface area contributed by atoms with Crippen molar-refractivity contribution >= 4 is 24.3 Å². The van der Waals surface area contributed by atoms with Gasteiger partial charge in [0.25, 0.3) is 0 Å². The zero-order chi connectivity index (χ0) is 20.5. The third kappa shape index (κ3) is 6.96. The second-order valence-electron chi connectivity index (χ2n) is 6.24. The number of nitrogens with two attached hydrogens (primary N) is 1. The first-order chi connectivity index (χ1) is 13.5. The van der Waals surface area contributed by atoms with Crippen LogP contribution in [0.25, 0.3) is 0 Å². The minimum absolute atomic E-state index is 0. The van der Waals surface area contributed by atoms with Crippen LogP contribution in [0.1, 0.15) is 36.1 Å². The van der Waals surface area contributed by atoms with Gasteiger partial charge in [0, 0.05) is 12.5 Å². The minimum Gasteiger partial charge on any atom is -0.493 e. The van der Waals surface area contributed by atoms with Crippen LogP contribution in [-0.2, 0) is 14.3 Å². The number of esters is 1. The zero-order valence-corrected chi connectivity index (χ0v) is 17.5. The van der Waals surface area contributed by atoms with Crippen LogP contribution in [0.15, 0.2) is 48.5 Å². The first-order valence-corrected chi connectivity index (χ1v) is 8.87. The van der Waals surface area contributed by atoms with Crippen LogP contribution < -0.4 is 20.5 Å². The molecule has 2 atom stereocenters. The molecule has 2 rings (SSSR count). The van der Waals surface area contributed by atoms with E-state index in [0.29, 0.717) is 17.1 Å². The second kappa shape index (κ2) is 11.9. The summed E-state index contributed by atoms with van der Waals surface area (Å²) in [5.41, 5.74) is 7.70. The molecule has 1 amide bonds. The molecule has 0 aliphatic carbocycles. The number of amides is 1. The van der Waals surface area contributed by atoms with Gasteiger partial charge in [-0.3, -0.25) is 9.59 Å². The first kappa shape index (κ1) is 24.3. The molecule has 158 valence electrons. The molecule has 0 radical (unpaired) electrons. The molecule has 0 aliphatic heterocycles. The Balaban J connectivity index is 0.00000420. The molecule has 7 nitrogen and oxygen atoms in total.